The molecule has 1 amide bonds. The molecular formula is C18H14F3N5O. The smallest absolute Gasteiger partial charge is 0.322 e. The topological polar surface area (TPSA) is 72.7 Å². The van der Waals surface area contributed by atoms with E-state index in [-0.39, 0.29) is 5.56 Å². The van der Waals surface area contributed by atoms with Gasteiger partial charge in [-0.2, -0.15) is 13.2 Å². The summed E-state index contributed by atoms with van der Waals surface area (Å²) in [6.45, 7) is 0. The summed E-state index contributed by atoms with van der Waals surface area (Å²) < 4.78 is 40.2. The molecule has 2 aromatic carbocycles. The highest BCUT2D eigenvalue weighted by atomic mass is 19.4. The molecule has 0 radical (unpaired) electrons. The highest BCUT2D eigenvalue weighted by Gasteiger charge is 2.31. The molecule has 138 valence electrons. The second kappa shape index (κ2) is 6.49. The molecule has 1 aromatic heterocycles. The van der Waals surface area contributed by atoms with Crippen molar-refractivity contribution in [1.82, 2.24) is 20.2 Å². The first-order chi connectivity index (χ1) is 12.9. The zero-order valence-corrected chi connectivity index (χ0v) is 13.9. The van der Waals surface area contributed by atoms with E-state index in [4.69, 9.17) is 0 Å². The molecule has 1 aliphatic rings. The van der Waals surface area contributed by atoms with Gasteiger partial charge in [0.1, 0.15) is 0 Å². The molecule has 6 nitrogen and oxygen atoms in total. The number of nitrogens with zero attached hydrogens (tertiary/aromatic N) is 4. The number of alkyl halides is 3. The van der Waals surface area contributed by atoms with Crippen LogP contribution in [0.3, 0.4) is 0 Å². The molecule has 0 spiro atoms. The van der Waals surface area contributed by atoms with Crippen molar-refractivity contribution in [2.24, 2.45) is 0 Å². The standard InChI is InChI=1S/C18H14F3N5O/c19-18(20,21)13-5-1-4-12(9-13)17(27)22-14-6-2-3-11(10-14)16-23-24-25-26(16)15-7-8-15/h1-6,9-10,15H,7-8H2,(H,22,27). The van der Waals surface area contributed by atoms with Gasteiger partial charge < -0.3 is 5.32 Å². The summed E-state index contributed by atoms with van der Waals surface area (Å²) in [5.41, 5.74) is 0.222. The van der Waals surface area contributed by atoms with Crippen LogP contribution < -0.4 is 5.32 Å². The number of carbonyl (C=O) groups excluding carboxylic acids is 1. The number of aromatic nitrogens is 4. The van der Waals surface area contributed by atoms with Crippen molar-refractivity contribution in [1.29, 1.82) is 0 Å². The van der Waals surface area contributed by atoms with Gasteiger partial charge in [0.25, 0.3) is 5.91 Å². The van der Waals surface area contributed by atoms with E-state index < -0.39 is 17.6 Å². The van der Waals surface area contributed by atoms with Crippen LogP contribution >= 0.6 is 0 Å². The zero-order valence-electron chi connectivity index (χ0n) is 13.9. The summed E-state index contributed by atoms with van der Waals surface area (Å²) in [7, 11) is 0. The van der Waals surface area contributed by atoms with Gasteiger partial charge >= 0.3 is 6.18 Å². The molecule has 3 aromatic rings. The minimum atomic E-state index is -4.50. The molecule has 1 N–H and O–H groups in total. The molecule has 0 atom stereocenters. The van der Waals surface area contributed by atoms with Crippen molar-refractivity contribution < 1.29 is 18.0 Å². The monoisotopic (exact) mass is 373 g/mol. The van der Waals surface area contributed by atoms with Crippen molar-refractivity contribution in [2.75, 3.05) is 5.32 Å². The predicted molar refractivity (Wildman–Crippen MR) is 90.9 cm³/mol. The van der Waals surface area contributed by atoms with Crippen LogP contribution in [-0.2, 0) is 6.18 Å². The third-order valence-corrected chi connectivity index (χ3v) is 4.22. The summed E-state index contributed by atoms with van der Waals surface area (Å²) in [6, 6.07) is 11.5. The first-order valence-corrected chi connectivity index (χ1v) is 8.29. The second-order valence-electron chi connectivity index (χ2n) is 6.29. The molecule has 0 bridgehead atoms. The van der Waals surface area contributed by atoms with Crippen molar-refractivity contribution in [3.05, 3.63) is 59.7 Å². The Balaban J connectivity index is 1.56. The second-order valence-corrected chi connectivity index (χ2v) is 6.29. The maximum atomic E-state index is 12.8. The van der Waals surface area contributed by atoms with Gasteiger partial charge in [-0.15, -0.1) is 5.10 Å². The van der Waals surface area contributed by atoms with Crippen LogP contribution in [0, 0.1) is 0 Å². The van der Waals surface area contributed by atoms with Gasteiger partial charge in [-0.3, -0.25) is 4.79 Å². The van der Waals surface area contributed by atoms with Crippen molar-refractivity contribution in [3.63, 3.8) is 0 Å². The third kappa shape index (κ3) is 3.67. The van der Waals surface area contributed by atoms with E-state index in [9.17, 15) is 18.0 Å². The van der Waals surface area contributed by atoms with Gasteiger partial charge in [0.2, 0.25) is 0 Å². The molecule has 4 rings (SSSR count). The van der Waals surface area contributed by atoms with Gasteiger partial charge in [0, 0.05) is 16.8 Å². The van der Waals surface area contributed by atoms with Gasteiger partial charge in [0.15, 0.2) is 5.82 Å². The lowest BCUT2D eigenvalue weighted by Crippen LogP contribution is -2.14. The van der Waals surface area contributed by atoms with Crippen molar-refractivity contribution in [2.45, 2.75) is 25.1 Å². The van der Waals surface area contributed by atoms with E-state index >= 15 is 0 Å². The number of rotatable bonds is 4. The lowest BCUT2D eigenvalue weighted by atomic mass is 10.1. The van der Waals surface area contributed by atoms with Crippen LogP contribution in [0.2, 0.25) is 0 Å². The zero-order chi connectivity index (χ0) is 19.0. The maximum absolute atomic E-state index is 12.8. The fourth-order valence-corrected chi connectivity index (χ4v) is 2.72. The first-order valence-electron chi connectivity index (χ1n) is 8.29. The molecule has 27 heavy (non-hydrogen) atoms. The molecule has 0 aliphatic heterocycles. The Kier molecular flexibility index (Phi) is 4.14. The van der Waals surface area contributed by atoms with Crippen LogP contribution in [0.25, 0.3) is 11.4 Å². The Hall–Kier alpha value is -3.23. The number of carbonyl (C=O) groups is 1. The van der Waals surface area contributed by atoms with Crippen LogP contribution in [0.1, 0.15) is 34.8 Å². The van der Waals surface area contributed by atoms with Crippen LogP contribution in [0.5, 0.6) is 0 Å². The van der Waals surface area contributed by atoms with Crippen LogP contribution in [0.4, 0.5) is 18.9 Å². The molecular weight excluding hydrogens is 359 g/mol. The lowest BCUT2D eigenvalue weighted by molar-refractivity contribution is -0.137. The highest BCUT2D eigenvalue weighted by Crippen LogP contribution is 2.37. The number of nitrogens with one attached hydrogen (secondary N) is 1. The minimum Gasteiger partial charge on any atom is -0.322 e. The molecule has 1 heterocycles. The number of tetrazole rings is 1. The summed E-state index contributed by atoms with van der Waals surface area (Å²) in [5.74, 6) is -0.0345. The molecule has 1 fully saturated rings. The van der Waals surface area contributed by atoms with Crippen molar-refractivity contribution >= 4 is 11.6 Å². The number of halogens is 3. The summed E-state index contributed by atoms with van der Waals surface area (Å²) in [6.07, 6.45) is -2.47. The van der Waals surface area contributed by atoms with E-state index in [0.29, 0.717) is 23.1 Å². The van der Waals surface area contributed by atoms with Crippen LogP contribution in [-0.4, -0.2) is 26.1 Å². The number of hydrogen-bond acceptors (Lipinski definition) is 4. The Morgan fingerprint density at radius 2 is 1.89 bits per heavy atom. The summed E-state index contributed by atoms with van der Waals surface area (Å²) in [5, 5.41) is 14.3. The highest BCUT2D eigenvalue weighted by molar-refractivity contribution is 6.04. The summed E-state index contributed by atoms with van der Waals surface area (Å²) in [4.78, 5) is 12.4. The molecule has 0 unspecified atom stereocenters. The van der Waals surface area contributed by atoms with Gasteiger partial charge in [0.05, 0.1) is 11.6 Å². The number of anilines is 1. The quantitative estimate of drug-likeness (QED) is 0.752. The SMILES string of the molecule is O=C(Nc1cccc(-c2nnnn2C2CC2)c1)c1cccc(C(F)(F)F)c1. The Morgan fingerprint density at radius 3 is 2.63 bits per heavy atom. The van der Waals surface area contributed by atoms with E-state index in [1.807, 2.05) is 6.07 Å². The fraction of sp³-hybridized carbons (Fsp3) is 0.222. The first kappa shape index (κ1) is 17.2. The maximum Gasteiger partial charge on any atom is 0.416 e. The Morgan fingerprint density at radius 1 is 1.11 bits per heavy atom. The molecule has 0 saturated heterocycles. The number of hydrogen-bond donors (Lipinski definition) is 1. The number of benzene rings is 2. The predicted octanol–water partition coefficient (Wildman–Crippen LogP) is 3.95. The molecule has 1 aliphatic carbocycles. The Bertz CT molecular complexity index is 994. The average Bonchev–Trinajstić information content (AvgIpc) is 3.38. The third-order valence-electron chi connectivity index (χ3n) is 4.22. The largest absolute Gasteiger partial charge is 0.416 e. The fourth-order valence-electron chi connectivity index (χ4n) is 2.72. The molecule has 9 heteroatoms. The molecule has 1 saturated carbocycles. The Labute approximate surface area is 152 Å². The number of amides is 1. The van der Waals surface area contributed by atoms with Gasteiger partial charge in [-0.25, -0.2) is 4.68 Å². The van der Waals surface area contributed by atoms with Gasteiger partial charge in [-0.1, -0.05) is 18.2 Å². The average molecular weight is 373 g/mol. The van der Waals surface area contributed by atoms with Crippen LogP contribution in [0.15, 0.2) is 48.5 Å². The minimum absolute atomic E-state index is 0.0713. The summed E-state index contributed by atoms with van der Waals surface area (Å²) >= 11 is 0. The van der Waals surface area contributed by atoms with Gasteiger partial charge in [-0.05, 0) is 53.6 Å². The van der Waals surface area contributed by atoms with Crippen molar-refractivity contribution in [3.8, 4) is 11.4 Å². The lowest BCUT2D eigenvalue weighted by Gasteiger charge is -2.10. The van der Waals surface area contributed by atoms with E-state index in [1.54, 1.807) is 22.9 Å². The normalized spacial score (nSPS) is 14.2. The van der Waals surface area contributed by atoms with E-state index in [0.717, 1.165) is 25.0 Å². The van der Waals surface area contributed by atoms with E-state index in [1.165, 1.54) is 12.1 Å². The van der Waals surface area contributed by atoms with E-state index in [2.05, 4.69) is 20.8 Å².